The SMILES string of the molecule is CCC(C)NC(=O)C1CCC2S/C(=C\c3ccc(C(F)(F)F)cc3)C(=O)N(C)C2C1. The maximum Gasteiger partial charge on any atom is 0.416 e. The maximum atomic E-state index is 12.9. The van der Waals surface area contributed by atoms with Crippen molar-refractivity contribution in [2.75, 3.05) is 7.05 Å². The number of rotatable bonds is 4. The monoisotopic (exact) mass is 440 g/mol. The summed E-state index contributed by atoms with van der Waals surface area (Å²) in [6.45, 7) is 4.00. The van der Waals surface area contributed by atoms with E-state index in [-0.39, 0.29) is 35.1 Å². The van der Waals surface area contributed by atoms with Gasteiger partial charge in [-0.2, -0.15) is 13.2 Å². The molecule has 4 nitrogen and oxygen atoms in total. The second-order valence-corrected chi connectivity index (χ2v) is 9.38. The van der Waals surface area contributed by atoms with Gasteiger partial charge in [0.05, 0.1) is 10.5 Å². The van der Waals surface area contributed by atoms with Gasteiger partial charge in [-0.3, -0.25) is 9.59 Å². The number of hydrogen-bond donors (Lipinski definition) is 1. The molecule has 1 saturated carbocycles. The number of nitrogens with zero attached hydrogens (tertiary/aromatic N) is 1. The summed E-state index contributed by atoms with van der Waals surface area (Å²) < 4.78 is 38.2. The maximum absolute atomic E-state index is 12.9. The van der Waals surface area contributed by atoms with E-state index < -0.39 is 11.7 Å². The zero-order chi connectivity index (χ0) is 22.1. The fourth-order valence-electron chi connectivity index (χ4n) is 3.92. The molecule has 0 aromatic heterocycles. The average molecular weight is 441 g/mol. The highest BCUT2D eigenvalue weighted by atomic mass is 32.2. The Morgan fingerprint density at radius 3 is 2.57 bits per heavy atom. The molecule has 0 spiro atoms. The molecular weight excluding hydrogens is 413 g/mol. The number of carbonyl (C=O) groups excluding carboxylic acids is 2. The average Bonchev–Trinajstić information content (AvgIpc) is 2.71. The molecule has 3 rings (SSSR count). The summed E-state index contributed by atoms with van der Waals surface area (Å²) in [5.41, 5.74) is -0.147. The van der Waals surface area contributed by atoms with Gasteiger partial charge >= 0.3 is 6.18 Å². The van der Waals surface area contributed by atoms with E-state index >= 15 is 0 Å². The Labute approximate surface area is 179 Å². The molecule has 1 aromatic rings. The van der Waals surface area contributed by atoms with E-state index in [0.29, 0.717) is 16.9 Å². The molecule has 1 aliphatic heterocycles. The lowest BCUT2D eigenvalue weighted by molar-refractivity contribution is -0.137. The molecule has 2 fully saturated rings. The molecule has 1 saturated heterocycles. The highest BCUT2D eigenvalue weighted by Crippen LogP contribution is 2.43. The lowest BCUT2D eigenvalue weighted by Crippen LogP contribution is -2.52. The number of likely N-dealkylation sites (N-methyl/N-ethyl adjacent to an activating group) is 1. The van der Waals surface area contributed by atoms with Crippen molar-refractivity contribution in [3.8, 4) is 0 Å². The van der Waals surface area contributed by atoms with Crippen LogP contribution in [0.4, 0.5) is 13.2 Å². The summed E-state index contributed by atoms with van der Waals surface area (Å²) in [5, 5.41) is 3.22. The minimum absolute atomic E-state index is 0.0197. The van der Waals surface area contributed by atoms with E-state index in [9.17, 15) is 22.8 Å². The summed E-state index contributed by atoms with van der Waals surface area (Å²) in [7, 11) is 1.75. The molecule has 8 heteroatoms. The van der Waals surface area contributed by atoms with Crippen LogP contribution in [0.5, 0.6) is 0 Å². The largest absolute Gasteiger partial charge is 0.416 e. The van der Waals surface area contributed by atoms with Crippen molar-refractivity contribution in [3.63, 3.8) is 0 Å². The summed E-state index contributed by atoms with van der Waals surface area (Å²) >= 11 is 1.48. The van der Waals surface area contributed by atoms with Crippen LogP contribution in [0.1, 0.15) is 50.7 Å². The quantitative estimate of drug-likeness (QED) is 0.691. The molecule has 1 aliphatic carbocycles. The van der Waals surface area contributed by atoms with Crippen LogP contribution in [0.2, 0.25) is 0 Å². The second-order valence-electron chi connectivity index (χ2n) is 8.10. The van der Waals surface area contributed by atoms with Gasteiger partial charge in [0.2, 0.25) is 5.91 Å². The first-order valence-corrected chi connectivity index (χ1v) is 11.1. The first kappa shape index (κ1) is 22.7. The van der Waals surface area contributed by atoms with E-state index in [1.54, 1.807) is 18.0 Å². The topological polar surface area (TPSA) is 49.4 Å². The highest BCUT2D eigenvalue weighted by Gasteiger charge is 2.43. The molecule has 2 aliphatic rings. The van der Waals surface area contributed by atoms with Crippen LogP contribution in [0, 0.1) is 5.92 Å². The van der Waals surface area contributed by atoms with E-state index in [1.807, 2.05) is 13.8 Å². The molecule has 164 valence electrons. The van der Waals surface area contributed by atoms with E-state index in [2.05, 4.69) is 5.32 Å². The summed E-state index contributed by atoms with van der Waals surface area (Å²) in [4.78, 5) is 27.6. The number of benzene rings is 1. The van der Waals surface area contributed by atoms with Gasteiger partial charge in [-0.1, -0.05) is 19.1 Å². The van der Waals surface area contributed by atoms with Crippen molar-refractivity contribution in [1.82, 2.24) is 10.2 Å². The predicted octanol–water partition coefficient (Wildman–Crippen LogP) is 4.70. The predicted molar refractivity (Wildman–Crippen MR) is 113 cm³/mol. The molecule has 30 heavy (non-hydrogen) atoms. The van der Waals surface area contributed by atoms with Gasteiger partial charge in [-0.25, -0.2) is 0 Å². The number of alkyl halides is 3. The molecular formula is C22H27F3N2O2S. The van der Waals surface area contributed by atoms with Crippen LogP contribution >= 0.6 is 11.8 Å². The van der Waals surface area contributed by atoms with Crippen LogP contribution in [-0.2, 0) is 15.8 Å². The number of amides is 2. The van der Waals surface area contributed by atoms with Crippen LogP contribution in [-0.4, -0.2) is 41.1 Å². The van der Waals surface area contributed by atoms with Gasteiger partial charge in [-0.05, 0) is 56.4 Å². The Morgan fingerprint density at radius 2 is 1.97 bits per heavy atom. The third-order valence-corrected chi connectivity index (χ3v) is 7.37. The normalized spacial score (nSPS) is 27.0. The Hall–Kier alpha value is -1.96. The standard InChI is InChI=1S/C22H27F3N2O2S/c1-4-13(2)26-20(28)15-7-10-18-17(12-15)27(3)21(29)19(30-18)11-14-5-8-16(9-6-14)22(23,24)25/h5-6,8-9,11,13,15,17-18H,4,7,10,12H2,1-3H3,(H,26,28)/b19-11-. The summed E-state index contributed by atoms with van der Waals surface area (Å²) in [5.74, 6) is -0.194. The van der Waals surface area contributed by atoms with Gasteiger partial charge in [0.25, 0.3) is 5.91 Å². The van der Waals surface area contributed by atoms with Gasteiger partial charge < -0.3 is 10.2 Å². The van der Waals surface area contributed by atoms with Crippen molar-refractivity contribution in [3.05, 3.63) is 40.3 Å². The first-order valence-electron chi connectivity index (χ1n) is 10.2. The van der Waals surface area contributed by atoms with Crippen LogP contribution in [0.3, 0.4) is 0 Å². The summed E-state index contributed by atoms with van der Waals surface area (Å²) in [6, 6.07) is 4.93. The first-order chi connectivity index (χ1) is 14.1. The zero-order valence-electron chi connectivity index (χ0n) is 17.3. The van der Waals surface area contributed by atoms with E-state index in [4.69, 9.17) is 0 Å². The molecule has 4 atom stereocenters. The second kappa shape index (κ2) is 9.04. The summed E-state index contributed by atoms with van der Waals surface area (Å²) in [6.07, 6.45) is 0.366. The third kappa shape index (κ3) is 5.02. The molecule has 0 radical (unpaired) electrons. The molecule has 2 amide bonds. The number of thioether (sulfide) groups is 1. The minimum atomic E-state index is -4.38. The molecule has 0 bridgehead atoms. The number of fused-ring (bicyclic) bond motifs is 1. The number of carbonyl (C=O) groups is 2. The van der Waals surface area contributed by atoms with Gasteiger partial charge in [-0.15, -0.1) is 11.8 Å². The van der Waals surface area contributed by atoms with Gasteiger partial charge in [0.1, 0.15) is 0 Å². The lowest BCUT2D eigenvalue weighted by Gasteiger charge is -2.44. The molecule has 1 aromatic carbocycles. The van der Waals surface area contributed by atoms with Crippen LogP contribution < -0.4 is 5.32 Å². The Bertz CT molecular complexity index is 823. The zero-order valence-corrected chi connectivity index (χ0v) is 18.1. The van der Waals surface area contributed by atoms with E-state index in [1.165, 1.54) is 23.9 Å². The number of hydrogen-bond acceptors (Lipinski definition) is 3. The van der Waals surface area contributed by atoms with Crippen LogP contribution in [0.15, 0.2) is 29.2 Å². The smallest absolute Gasteiger partial charge is 0.353 e. The lowest BCUT2D eigenvalue weighted by atomic mass is 9.83. The Morgan fingerprint density at radius 1 is 1.30 bits per heavy atom. The van der Waals surface area contributed by atoms with Crippen LogP contribution in [0.25, 0.3) is 6.08 Å². The van der Waals surface area contributed by atoms with E-state index in [0.717, 1.165) is 31.4 Å². The van der Waals surface area contributed by atoms with Crippen molar-refractivity contribution in [2.24, 2.45) is 5.92 Å². The van der Waals surface area contributed by atoms with Crippen molar-refractivity contribution in [1.29, 1.82) is 0 Å². The third-order valence-electron chi connectivity index (χ3n) is 5.97. The fourth-order valence-corrected chi connectivity index (χ4v) is 5.40. The van der Waals surface area contributed by atoms with Gasteiger partial charge in [0.15, 0.2) is 0 Å². The molecule has 1 N–H and O–H groups in total. The molecule has 4 unspecified atom stereocenters. The van der Waals surface area contributed by atoms with Crippen molar-refractivity contribution in [2.45, 2.75) is 63.0 Å². The highest BCUT2D eigenvalue weighted by molar-refractivity contribution is 8.04. The van der Waals surface area contributed by atoms with Crippen molar-refractivity contribution >= 4 is 29.7 Å². The Kier molecular flexibility index (Phi) is 6.84. The minimum Gasteiger partial charge on any atom is -0.353 e. The Balaban J connectivity index is 1.70. The van der Waals surface area contributed by atoms with Gasteiger partial charge in [0, 0.05) is 30.3 Å². The van der Waals surface area contributed by atoms with Crippen molar-refractivity contribution < 1.29 is 22.8 Å². The number of halogens is 3. The number of nitrogens with one attached hydrogen (secondary N) is 1. The fraction of sp³-hybridized carbons (Fsp3) is 0.545. The molecule has 1 heterocycles.